The van der Waals surface area contributed by atoms with Crippen LogP contribution in [0.4, 0.5) is 15.9 Å². The van der Waals surface area contributed by atoms with Gasteiger partial charge in [-0.2, -0.15) is 0 Å². The maximum absolute atomic E-state index is 12.9. The van der Waals surface area contributed by atoms with Crippen LogP contribution in [0.25, 0.3) is 0 Å². The maximum Gasteiger partial charge on any atom is 0.147 e. The highest BCUT2D eigenvalue weighted by Gasteiger charge is 2.12. The van der Waals surface area contributed by atoms with Crippen LogP contribution in [0.5, 0.6) is 0 Å². The van der Waals surface area contributed by atoms with E-state index in [0.717, 1.165) is 28.1 Å². The summed E-state index contributed by atoms with van der Waals surface area (Å²) in [4.78, 5) is 6.46. The van der Waals surface area contributed by atoms with E-state index >= 15 is 0 Å². The van der Waals surface area contributed by atoms with E-state index in [2.05, 4.69) is 20.9 Å². The molecular weight excluding hydrogens is 295 g/mol. The standard InChI is InChI=1S/C14H14BrFN2/c1-3-18(12-6-4-11(16)5-7-12)14-13(15)8-10(2)9-17-14/h4-9H,3H2,1-2H3. The minimum absolute atomic E-state index is 0.231. The Balaban J connectivity index is 2.41. The minimum atomic E-state index is -0.231. The monoisotopic (exact) mass is 308 g/mol. The number of benzene rings is 1. The molecule has 0 atom stereocenters. The zero-order valence-electron chi connectivity index (χ0n) is 10.3. The number of pyridine rings is 1. The largest absolute Gasteiger partial charge is 0.326 e. The summed E-state index contributed by atoms with van der Waals surface area (Å²) in [5, 5.41) is 0. The molecule has 0 aliphatic rings. The molecule has 0 saturated heterocycles. The second-order valence-electron chi connectivity index (χ2n) is 4.04. The van der Waals surface area contributed by atoms with Crippen molar-refractivity contribution in [2.24, 2.45) is 0 Å². The number of anilines is 2. The molecule has 0 aliphatic carbocycles. The van der Waals surface area contributed by atoms with Gasteiger partial charge in [-0.25, -0.2) is 9.37 Å². The first-order valence-corrected chi connectivity index (χ1v) is 6.56. The van der Waals surface area contributed by atoms with Gasteiger partial charge in [0.25, 0.3) is 0 Å². The van der Waals surface area contributed by atoms with Gasteiger partial charge in [0, 0.05) is 18.4 Å². The molecule has 0 saturated carbocycles. The Kier molecular flexibility index (Phi) is 3.97. The predicted octanol–water partition coefficient (Wildman–Crippen LogP) is 4.45. The van der Waals surface area contributed by atoms with Gasteiger partial charge in [0.2, 0.25) is 0 Å². The number of hydrogen-bond donors (Lipinski definition) is 0. The van der Waals surface area contributed by atoms with Crippen molar-refractivity contribution in [1.29, 1.82) is 0 Å². The Hall–Kier alpha value is -1.42. The molecule has 18 heavy (non-hydrogen) atoms. The molecule has 0 N–H and O–H groups in total. The Bertz CT molecular complexity index is 540. The molecule has 0 radical (unpaired) electrons. The predicted molar refractivity (Wildman–Crippen MR) is 75.8 cm³/mol. The van der Waals surface area contributed by atoms with Crippen molar-refractivity contribution in [3.63, 3.8) is 0 Å². The lowest BCUT2D eigenvalue weighted by Gasteiger charge is -2.23. The molecule has 0 unspecified atom stereocenters. The van der Waals surface area contributed by atoms with Crippen molar-refractivity contribution in [1.82, 2.24) is 4.98 Å². The van der Waals surface area contributed by atoms with E-state index < -0.39 is 0 Å². The lowest BCUT2D eigenvalue weighted by Crippen LogP contribution is -2.17. The molecule has 4 heteroatoms. The van der Waals surface area contributed by atoms with E-state index in [0.29, 0.717) is 0 Å². The smallest absolute Gasteiger partial charge is 0.147 e. The topological polar surface area (TPSA) is 16.1 Å². The summed E-state index contributed by atoms with van der Waals surface area (Å²) in [6.45, 7) is 4.80. The molecule has 1 aromatic carbocycles. The molecule has 0 aliphatic heterocycles. The number of rotatable bonds is 3. The molecule has 1 aromatic heterocycles. The zero-order valence-corrected chi connectivity index (χ0v) is 11.9. The van der Waals surface area contributed by atoms with Gasteiger partial charge in [0.15, 0.2) is 0 Å². The van der Waals surface area contributed by atoms with Crippen molar-refractivity contribution in [2.45, 2.75) is 13.8 Å². The molecule has 0 spiro atoms. The van der Waals surface area contributed by atoms with Gasteiger partial charge in [0.05, 0.1) is 4.47 Å². The van der Waals surface area contributed by atoms with Gasteiger partial charge < -0.3 is 4.90 Å². The number of aromatic nitrogens is 1. The van der Waals surface area contributed by atoms with E-state index in [4.69, 9.17) is 0 Å². The number of aryl methyl sites for hydroxylation is 1. The van der Waals surface area contributed by atoms with Crippen molar-refractivity contribution < 1.29 is 4.39 Å². The van der Waals surface area contributed by atoms with Crippen LogP contribution in [0, 0.1) is 12.7 Å². The first-order valence-electron chi connectivity index (χ1n) is 5.77. The average molecular weight is 309 g/mol. The van der Waals surface area contributed by atoms with Gasteiger partial charge in [-0.3, -0.25) is 0 Å². The average Bonchev–Trinajstić information content (AvgIpc) is 2.35. The van der Waals surface area contributed by atoms with E-state index in [9.17, 15) is 4.39 Å². The summed E-state index contributed by atoms with van der Waals surface area (Å²) in [5.41, 5.74) is 2.02. The SMILES string of the molecule is CCN(c1ccc(F)cc1)c1ncc(C)cc1Br. The molecule has 0 fully saturated rings. The van der Waals surface area contributed by atoms with E-state index in [1.165, 1.54) is 12.1 Å². The van der Waals surface area contributed by atoms with Gasteiger partial charge in [-0.15, -0.1) is 0 Å². The minimum Gasteiger partial charge on any atom is -0.326 e. The third-order valence-corrected chi connectivity index (χ3v) is 3.25. The van der Waals surface area contributed by atoms with Crippen LogP contribution in [0.2, 0.25) is 0 Å². The first kappa shape index (κ1) is 13.0. The molecule has 1 heterocycles. The zero-order chi connectivity index (χ0) is 13.1. The van der Waals surface area contributed by atoms with Crippen LogP contribution in [0.3, 0.4) is 0 Å². The van der Waals surface area contributed by atoms with Crippen LogP contribution >= 0.6 is 15.9 Å². The Morgan fingerprint density at radius 2 is 1.94 bits per heavy atom. The summed E-state index contributed by atoms with van der Waals surface area (Å²) in [6.07, 6.45) is 1.83. The highest BCUT2D eigenvalue weighted by molar-refractivity contribution is 9.10. The third kappa shape index (κ3) is 2.70. The third-order valence-electron chi connectivity index (χ3n) is 2.67. The van der Waals surface area contributed by atoms with E-state index in [1.54, 1.807) is 12.1 Å². The summed E-state index contributed by atoms with van der Waals surface area (Å²) in [7, 11) is 0. The van der Waals surface area contributed by atoms with Gasteiger partial charge in [-0.05, 0) is 65.7 Å². The van der Waals surface area contributed by atoms with E-state index in [1.807, 2.05) is 31.0 Å². The van der Waals surface area contributed by atoms with Crippen LogP contribution in [0.1, 0.15) is 12.5 Å². The van der Waals surface area contributed by atoms with Crippen LogP contribution in [0.15, 0.2) is 41.0 Å². The molecule has 0 bridgehead atoms. The van der Waals surface area contributed by atoms with Crippen LogP contribution < -0.4 is 4.90 Å². The summed E-state index contributed by atoms with van der Waals surface area (Å²) >= 11 is 3.52. The van der Waals surface area contributed by atoms with Crippen LogP contribution in [-0.2, 0) is 0 Å². The normalized spacial score (nSPS) is 10.4. The fourth-order valence-corrected chi connectivity index (χ4v) is 2.48. The van der Waals surface area contributed by atoms with Crippen molar-refractivity contribution >= 4 is 27.4 Å². The highest BCUT2D eigenvalue weighted by atomic mass is 79.9. The molecule has 2 aromatic rings. The molecule has 0 amide bonds. The molecule has 2 rings (SSSR count). The Morgan fingerprint density at radius 3 is 2.50 bits per heavy atom. The van der Waals surface area contributed by atoms with Gasteiger partial charge in [0.1, 0.15) is 11.6 Å². The molecule has 94 valence electrons. The Labute approximate surface area is 115 Å². The lowest BCUT2D eigenvalue weighted by atomic mass is 10.2. The second-order valence-corrected chi connectivity index (χ2v) is 4.89. The van der Waals surface area contributed by atoms with Gasteiger partial charge in [-0.1, -0.05) is 0 Å². The number of halogens is 2. The Morgan fingerprint density at radius 1 is 1.28 bits per heavy atom. The van der Waals surface area contributed by atoms with Crippen molar-refractivity contribution in [3.05, 3.63) is 52.4 Å². The van der Waals surface area contributed by atoms with Gasteiger partial charge >= 0.3 is 0 Å². The maximum atomic E-state index is 12.9. The summed E-state index contributed by atoms with van der Waals surface area (Å²) in [6, 6.07) is 8.45. The first-order chi connectivity index (χ1) is 8.61. The van der Waals surface area contributed by atoms with E-state index in [-0.39, 0.29) is 5.82 Å². The van der Waals surface area contributed by atoms with Crippen molar-refractivity contribution in [3.8, 4) is 0 Å². The lowest BCUT2D eigenvalue weighted by molar-refractivity contribution is 0.628. The fourth-order valence-electron chi connectivity index (χ4n) is 1.80. The van der Waals surface area contributed by atoms with Crippen LogP contribution in [-0.4, -0.2) is 11.5 Å². The number of nitrogens with zero attached hydrogens (tertiary/aromatic N) is 2. The van der Waals surface area contributed by atoms with Crippen molar-refractivity contribution in [2.75, 3.05) is 11.4 Å². The molecule has 2 nitrogen and oxygen atoms in total. The summed E-state index contributed by atoms with van der Waals surface area (Å²) < 4.78 is 13.9. The highest BCUT2D eigenvalue weighted by Crippen LogP contribution is 2.30. The quantitative estimate of drug-likeness (QED) is 0.833. The fraction of sp³-hybridized carbons (Fsp3) is 0.214. The number of hydrogen-bond acceptors (Lipinski definition) is 2. The molecular formula is C14H14BrFN2. The summed E-state index contributed by atoms with van der Waals surface area (Å²) in [5.74, 6) is 0.612. The second kappa shape index (κ2) is 5.48.